The molecule has 0 amide bonds. The first kappa shape index (κ1) is 23.0. The summed E-state index contributed by atoms with van der Waals surface area (Å²) in [6.07, 6.45) is 0. The van der Waals surface area contributed by atoms with Gasteiger partial charge in [0, 0.05) is 21.5 Å². The molecule has 0 saturated carbocycles. The van der Waals surface area contributed by atoms with Gasteiger partial charge in [0.05, 0.1) is 10.8 Å². The fraction of sp³-hybridized carbons (Fsp3) is 0.0233. The molecule has 1 atom stereocenters. The Hall–Kier alpha value is -6.46. The summed E-state index contributed by atoms with van der Waals surface area (Å²) in [6, 6.07) is 49.3. The third-order valence-electron chi connectivity index (χ3n) is 11.8. The van der Waals surface area contributed by atoms with Gasteiger partial charge in [-0.25, -0.2) is 0 Å². The van der Waals surface area contributed by atoms with Crippen LogP contribution in [0.15, 0.2) is 133 Å². The monoisotopic (exact) mass is 610 g/mol. The number of aromatic nitrogens is 4. The number of fused-ring (bicyclic) bond motifs is 13. The van der Waals surface area contributed by atoms with Crippen molar-refractivity contribution in [2.45, 2.75) is 5.66 Å². The van der Waals surface area contributed by atoms with Gasteiger partial charge in [-0.15, -0.1) is 0 Å². The van der Waals surface area contributed by atoms with Crippen LogP contribution in [0.25, 0.3) is 87.5 Å². The van der Waals surface area contributed by atoms with Crippen molar-refractivity contribution in [2.24, 2.45) is 0 Å². The van der Waals surface area contributed by atoms with Crippen LogP contribution < -0.4 is 13.9 Å². The number of hydrogen-bond acceptors (Lipinski definition) is 1. The zero-order chi connectivity index (χ0) is 30.6. The molecule has 1 spiro atoms. The summed E-state index contributed by atoms with van der Waals surface area (Å²) in [6.45, 7) is 0. The van der Waals surface area contributed by atoms with Gasteiger partial charge in [0.25, 0.3) is 0 Å². The smallest absolute Gasteiger partial charge is 0.316 e. The second-order valence-corrected chi connectivity index (χ2v) is 13.7. The predicted octanol–water partition coefficient (Wildman–Crippen LogP) is 8.87. The molecule has 218 valence electrons. The van der Waals surface area contributed by atoms with E-state index in [2.05, 4.69) is 151 Å². The van der Waals surface area contributed by atoms with Crippen LogP contribution in [0.2, 0.25) is 0 Å². The lowest BCUT2D eigenvalue weighted by atomic mass is 9.84. The van der Waals surface area contributed by atoms with Gasteiger partial charge >= 0.3 is 17.0 Å². The van der Waals surface area contributed by atoms with Crippen LogP contribution in [-0.4, -0.2) is 8.80 Å². The summed E-state index contributed by atoms with van der Waals surface area (Å²) < 4.78 is 17.4. The molecule has 5 nitrogen and oxygen atoms in total. The highest BCUT2D eigenvalue weighted by molar-refractivity contribution is 6.20. The molecule has 48 heavy (non-hydrogen) atoms. The minimum absolute atomic E-state index is 0.691. The maximum Gasteiger partial charge on any atom is 0.316 e. The number of benzene rings is 7. The summed E-state index contributed by atoms with van der Waals surface area (Å²) in [5.41, 5.74) is 11.5. The summed E-state index contributed by atoms with van der Waals surface area (Å²) >= 11 is 0. The van der Waals surface area contributed by atoms with E-state index in [4.69, 9.17) is 4.74 Å². The van der Waals surface area contributed by atoms with Gasteiger partial charge in [0.2, 0.25) is 0 Å². The lowest BCUT2D eigenvalue weighted by Crippen LogP contribution is -2.71. The van der Waals surface area contributed by atoms with E-state index in [0.717, 1.165) is 11.5 Å². The van der Waals surface area contributed by atoms with E-state index in [0.29, 0.717) is 0 Å². The lowest BCUT2D eigenvalue weighted by Gasteiger charge is -2.31. The summed E-state index contributed by atoms with van der Waals surface area (Å²) in [4.78, 5) is 0. The number of hydrogen-bond donors (Lipinski definition) is 0. The second kappa shape index (κ2) is 7.09. The molecule has 0 radical (unpaired) electrons. The van der Waals surface area contributed by atoms with Gasteiger partial charge in [0.1, 0.15) is 33.7 Å². The van der Waals surface area contributed by atoms with E-state index in [1.807, 2.05) is 0 Å². The van der Waals surface area contributed by atoms with Crippen molar-refractivity contribution in [3.63, 3.8) is 0 Å². The zero-order valence-corrected chi connectivity index (χ0v) is 25.4. The van der Waals surface area contributed by atoms with E-state index in [1.165, 1.54) is 98.6 Å². The van der Waals surface area contributed by atoms with Gasteiger partial charge in [-0.3, -0.25) is 0 Å². The van der Waals surface area contributed by atoms with Crippen LogP contribution in [0.4, 0.5) is 0 Å². The second-order valence-electron chi connectivity index (χ2n) is 13.7. The zero-order valence-electron chi connectivity index (χ0n) is 25.4. The van der Waals surface area contributed by atoms with E-state index in [9.17, 15) is 0 Å². The summed E-state index contributed by atoms with van der Waals surface area (Å²) in [5, 5.41) is 10.1. The molecular weight excluding hydrogens is 589 g/mol. The Kier molecular flexibility index (Phi) is 3.39. The molecular formula is C43H22N4O+2. The lowest BCUT2D eigenvalue weighted by molar-refractivity contribution is -0.923. The van der Waals surface area contributed by atoms with Crippen molar-refractivity contribution >= 4 is 87.5 Å². The molecule has 1 unspecified atom stereocenters. The fourth-order valence-corrected chi connectivity index (χ4v) is 10.2. The largest absolute Gasteiger partial charge is 0.456 e. The Morgan fingerprint density at radius 2 is 0.958 bits per heavy atom. The highest BCUT2D eigenvalue weighted by Crippen LogP contribution is 2.59. The molecule has 0 bridgehead atoms. The highest BCUT2D eigenvalue weighted by Gasteiger charge is 2.67. The van der Waals surface area contributed by atoms with Gasteiger partial charge in [0.15, 0.2) is 22.1 Å². The topological polar surface area (TPSA) is 25.8 Å². The molecule has 14 rings (SSSR count). The van der Waals surface area contributed by atoms with Gasteiger partial charge in [-0.1, -0.05) is 66.7 Å². The first-order valence-electron chi connectivity index (χ1n) is 16.6. The summed E-state index contributed by atoms with van der Waals surface area (Å²) in [7, 11) is 0. The third kappa shape index (κ3) is 2.09. The van der Waals surface area contributed by atoms with Crippen molar-refractivity contribution < 1.29 is 13.9 Å². The molecule has 0 N–H and O–H groups in total. The molecule has 0 saturated heterocycles. The van der Waals surface area contributed by atoms with Crippen molar-refractivity contribution in [1.29, 1.82) is 0 Å². The standard InChI is InChI=1S/C43H22N4O/c1-2-10-24-22-34-28(21-23(24)9-1)27-18-20-36-40-38(27)42-45(34)31-14-6-8-16-33(31)47(42)43(40)39-35(48-36)19-17-26-25-11-3-4-12-29(25)44-30-13-5-7-15-32(30)46(43)41(44)37(26)39/h1-22H/q+2. The normalized spacial score (nSPS) is 17.0. The molecule has 3 aliphatic heterocycles. The number of imidazole rings is 2. The van der Waals surface area contributed by atoms with Crippen LogP contribution in [0, 0.1) is 0 Å². The number of nitrogens with zero attached hydrogens (tertiary/aromatic N) is 4. The van der Waals surface area contributed by atoms with Gasteiger partial charge in [-0.05, 0) is 77.5 Å². The molecule has 7 heterocycles. The molecule has 11 aromatic rings. The molecule has 0 aliphatic carbocycles. The third-order valence-corrected chi connectivity index (χ3v) is 11.8. The quantitative estimate of drug-likeness (QED) is 0.0957. The van der Waals surface area contributed by atoms with Crippen molar-refractivity contribution in [3.05, 3.63) is 145 Å². The SMILES string of the molecule is c1ccc2cc3c(cc2c1)c1ccc2c4c1c1n3c3ccccc3[n+]1C41c3c(ccc4c5ccccc5n5c6ccccc6[n+]1c5c34)O2. The molecule has 4 aromatic heterocycles. The van der Waals surface area contributed by atoms with Gasteiger partial charge in [-0.2, -0.15) is 17.9 Å². The van der Waals surface area contributed by atoms with Gasteiger partial charge < -0.3 is 4.74 Å². The Morgan fingerprint density at radius 1 is 0.438 bits per heavy atom. The van der Waals surface area contributed by atoms with E-state index < -0.39 is 5.66 Å². The van der Waals surface area contributed by atoms with Crippen LogP contribution in [0.5, 0.6) is 11.5 Å². The molecule has 5 heteroatoms. The minimum atomic E-state index is -0.691. The van der Waals surface area contributed by atoms with Crippen LogP contribution in [0.3, 0.4) is 0 Å². The van der Waals surface area contributed by atoms with E-state index in [-0.39, 0.29) is 0 Å². The van der Waals surface area contributed by atoms with Crippen molar-refractivity contribution in [1.82, 2.24) is 8.80 Å². The maximum absolute atomic E-state index is 7.02. The van der Waals surface area contributed by atoms with Crippen molar-refractivity contribution in [3.8, 4) is 11.5 Å². The number of para-hydroxylation sites is 5. The van der Waals surface area contributed by atoms with E-state index in [1.54, 1.807) is 0 Å². The first-order valence-corrected chi connectivity index (χ1v) is 16.6. The van der Waals surface area contributed by atoms with Crippen LogP contribution in [0.1, 0.15) is 11.1 Å². The molecule has 3 aliphatic rings. The number of pyridine rings is 2. The average Bonchev–Trinajstić information content (AvgIpc) is 3.85. The minimum Gasteiger partial charge on any atom is -0.456 e. The number of rotatable bonds is 0. The van der Waals surface area contributed by atoms with Crippen molar-refractivity contribution in [2.75, 3.05) is 0 Å². The Labute approximate surface area is 271 Å². The van der Waals surface area contributed by atoms with E-state index >= 15 is 0 Å². The Bertz CT molecular complexity index is 3440. The predicted molar refractivity (Wildman–Crippen MR) is 189 cm³/mol. The molecule has 7 aromatic carbocycles. The average molecular weight is 611 g/mol. The molecule has 0 fully saturated rings. The maximum atomic E-state index is 7.02. The first-order chi connectivity index (χ1) is 23.8. The number of ether oxygens (including phenoxy) is 1. The highest BCUT2D eigenvalue weighted by atomic mass is 16.5. The fourth-order valence-electron chi connectivity index (χ4n) is 10.2. The Balaban J connectivity index is 1.36. The Morgan fingerprint density at radius 3 is 1.62 bits per heavy atom. The summed E-state index contributed by atoms with van der Waals surface area (Å²) in [5.74, 6) is 1.86. The van der Waals surface area contributed by atoms with Crippen LogP contribution >= 0.6 is 0 Å². The van der Waals surface area contributed by atoms with Crippen LogP contribution in [-0.2, 0) is 5.66 Å².